The maximum absolute atomic E-state index is 13.5. The number of ketones is 1. The molecule has 1 aromatic carbocycles. The smallest absolute Gasteiger partial charge is 0.288 e. The van der Waals surface area contributed by atoms with E-state index in [2.05, 4.69) is 31.2 Å². The van der Waals surface area contributed by atoms with E-state index < -0.39 is 22.7 Å². The van der Waals surface area contributed by atoms with E-state index in [0.29, 0.717) is 41.2 Å². The molecule has 10 heteroatoms. The van der Waals surface area contributed by atoms with E-state index in [9.17, 15) is 19.7 Å². The second-order valence-electron chi connectivity index (χ2n) is 9.33. The second kappa shape index (κ2) is 9.03. The maximum Gasteiger partial charge on any atom is 0.288 e. The van der Waals surface area contributed by atoms with Crippen molar-refractivity contribution in [1.82, 2.24) is 4.98 Å². The highest BCUT2D eigenvalue weighted by atomic mass is 79.9. The van der Waals surface area contributed by atoms with Gasteiger partial charge in [-0.15, -0.1) is 0 Å². The first-order valence-corrected chi connectivity index (χ1v) is 11.8. The summed E-state index contributed by atoms with van der Waals surface area (Å²) in [5.74, 6) is -1.75. The Labute approximate surface area is 209 Å². The topological polar surface area (TPSA) is 115 Å². The summed E-state index contributed by atoms with van der Waals surface area (Å²) in [6.07, 6.45) is 2.43. The van der Waals surface area contributed by atoms with E-state index in [-0.39, 0.29) is 21.9 Å². The van der Waals surface area contributed by atoms with Gasteiger partial charge in [-0.2, -0.15) is 0 Å². The lowest BCUT2D eigenvalue weighted by atomic mass is 9.66. The number of aliphatic imine (C=N–C) groups is 1. The lowest BCUT2D eigenvalue weighted by Crippen LogP contribution is -2.41. The zero-order valence-corrected chi connectivity index (χ0v) is 21.1. The SMILES string of the molecule is CC1=NC2=C(C(=O)CC(C)(C)C2)[C@H](c2ccc(Cl)c([N+](=O)[O-])c2)C1C(=O)Nc1ccc(Br)cn1. The predicted octanol–water partition coefficient (Wildman–Crippen LogP) is 5.86. The number of hydrogen-bond donors (Lipinski definition) is 1. The number of hydrogen-bond acceptors (Lipinski definition) is 6. The Morgan fingerprint density at radius 2 is 2.00 bits per heavy atom. The summed E-state index contributed by atoms with van der Waals surface area (Å²) in [4.78, 5) is 46.7. The van der Waals surface area contributed by atoms with Gasteiger partial charge >= 0.3 is 0 Å². The van der Waals surface area contributed by atoms with Crippen molar-refractivity contribution >= 4 is 56.4 Å². The molecule has 176 valence electrons. The summed E-state index contributed by atoms with van der Waals surface area (Å²) in [6, 6.07) is 7.81. The lowest BCUT2D eigenvalue weighted by molar-refractivity contribution is -0.384. The maximum atomic E-state index is 13.5. The molecule has 1 N–H and O–H groups in total. The summed E-state index contributed by atoms with van der Waals surface area (Å²) in [7, 11) is 0. The van der Waals surface area contributed by atoms with Crippen LogP contribution < -0.4 is 5.32 Å². The number of amides is 1. The minimum atomic E-state index is -0.852. The van der Waals surface area contributed by atoms with Crippen LogP contribution in [0.15, 0.2) is 57.3 Å². The molecule has 2 heterocycles. The van der Waals surface area contributed by atoms with Crippen LogP contribution in [0.4, 0.5) is 11.5 Å². The van der Waals surface area contributed by atoms with Crippen LogP contribution in [0.5, 0.6) is 0 Å². The molecular formula is C24H22BrClN4O4. The van der Waals surface area contributed by atoms with E-state index in [1.165, 1.54) is 12.1 Å². The van der Waals surface area contributed by atoms with Gasteiger partial charge in [0.2, 0.25) is 5.91 Å². The Balaban J connectivity index is 1.84. The van der Waals surface area contributed by atoms with Crippen LogP contribution in [-0.4, -0.2) is 27.3 Å². The molecule has 0 fully saturated rings. The third-order valence-corrected chi connectivity index (χ3v) is 6.88. The molecule has 0 radical (unpaired) electrons. The van der Waals surface area contributed by atoms with E-state index >= 15 is 0 Å². The molecule has 1 aromatic heterocycles. The predicted molar refractivity (Wildman–Crippen MR) is 133 cm³/mol. The van der Waals surface area contributed by atoms with Crippen molar-refractivity contribution in [1.29, 1.82) is 0 Å². The molecule has 1 unspecified atom stereocenters. The van der Waals surface area contributed by atoms with Crippen LogP contribution in [0.3, 0.4) is 0 Å². The molecule has 2 aromatic rings. The van der Waals surface area contributed by atoms with Gasteiger partial charge in [-0.3, -0.25) is 24.7 Å². The first kappa shape index (κ1) is 24.2. The summed E-state index contributed by atoms with van der Waals surface area (Å²) in [5.41, 5.74) is 1.51. The molecule has 1 amide bonds. The molecule has 0 spiro atoms. The number of carbonyl (C=O) groups is 2. The van der Waals surface area contributed by atoms with Crippen molar-refractivity contribution < 1.29 is 14.5 Å². The van der Waals surface area contributed by atoms with Crippen LogP contribution in [0, 0.1) is 21.4 Å². The number of nitro groups is 1. The van der Waals surface area contributed by atoms with E-state index in [4.69, 9.17) is 11.6 Å². The fourth-order valence-corrected chi connectivity index (χ4v) is 5.08. The van der Waals surface area contributed by atoms with Gasteiger partial charge in [0, 0.05) is 46.1 Å². The lowest BCUT2D eigenvalue weighted by Gasteiger charge is -2.39. The number of rotatable bonds is 4. The van der Waals surface area contributed by atoms with Gasteiger partial charge in [-0.1, -0.05) is 31.5 Å². The highest BCUT2D eigenvalue weighted by Crippen LogP contribution is 2.48. The van der Waals surface area contributed by atoms with Gasteiger partial charge in [0.25, 0.3) is 5.69 Å². The van der Waals surface area contributed by atoms with E-state index in [1.54, 1.807) is 31.3 Å². The number of benzene rings is 1. The average molecular weight is 546 g/mol. The summed E-state index contributed by atoms with van der Waals surface area (Å²) in [6.45, 7) is 5.74. The summed E-state index contributed by atoms with van der Waals surface area (Å²) in [5, 5.41) is 14.3. The van der Waals surface area contributed by atoms with Crippen LogP contribution in [0.1, 0.15) is 45.1 Å². The van der Waals surface area contributed by atoms with Crippen LogP contribution in [0.25, 0.3) is 0 Å². The molecule has 0 saturated carbocycles. The normalized spacial score (nSPS) is 21.6. The number of Topliss-reactive ketones (excluding diaryl/α,β-unsaturated/α-hetero) is 1. The fourth-order valence-electron chi connectivity index (χ4n) is 4.66. The number of carbonyl (C=O) groups excluding carboxylic acids is 2. The Morgan fingerprint density at radius 1 is 1.26 bits per heavy atom. The monoisotopic (exact) mass is 544 g/mol. The number of nitrogens with one attached hydrogen (secondary N) is 1. The molecule has 1 aliphatic heterocycles. The Kier molecular flexibility index (Phi) is 6.44. The molecule has 1 aliphatic carbocycles. The van der Waals surface area contributed by atoms with Crippen molar-refractivity contribution in [3.63, 3.8) is 0 Å². The Hall–Kier alpha value is -2.91. The van der Waals surface area contributed by atoms with Crippen molar-refractivity contribution in [3.8, 4) is 0 Å². The van der Waals surface area contributed by atoms with Crippen molar-refractivity contribution in [2.45, 2.75) is 39.5 Å². The van der Waals surface area contributed by atoms with Gasteiger partial charge in [0.1, 0.15) is 10.8 Å². The fraction of sp³-hybridized carbons (Fsp3) is 0.333. The number of nitrogens with zero attached hydrogens (tertiary/aromatic N) is 3. The first-order chi connectivity index (χ1) is 16.0. The first-order valence-electron chi connectivity index (χ1n) is 10.6. The molecule has 2 atom stereocenters. The number of aromatic nitrogens is 1. The van der Waals surface area contributed by atoms with E-state index in [1.807, 2.05) is 13.8 Å². The minimum absolute atomic E-state index is 0.0136. The highest BCUT2D eigenvalue weighted by molar-refractivity contribution is 9.10. The standard InChI is InChI=1S/C24H22BrClN4O4/c1-12-20(23(32)29-19-7-5-14(25)11-27-19)21(13-4-6-15(26)17(8-13)30(33)34)22-16(28-12)9-24(2,3)10-18(22)31/h4-8,11,20-21H,9-10H2,1-3H3,(H,27,29,32)/t20?,21-/m1/s1. The largest absolute Gasteiger partial charge is 0.310 e. The van der Waals surface area contributed by atoms with Gasteiger partial charge in [0.05, 0.1) is 10.8 Å². The number of anilines is 1. The summed E-state index contributed by atoms with van der Waals surface area (Å²) < 4.78 is 0.762. The van der Waals surface area contributed by atoms with Crippen LogP contribution >= 0.6 is 27.5 Å². The molecule has 8 nitrogen and oxygen atoms in total. The minimum Gasteiger partial charge on any atom is -0.310 e. The van der Waals surface area contributed by atoms with Gasteiger partial charge in [-0.25, -0.2) is 4.98 Å². The van der Waals surface area contributed by atoms with Crippen molar-refractivity contribution in [2.24, 2.45) is 16.3 Å². The molecule has 2 aliphatic rings. The van der Waals surface area contributed by atoms with Gasteiger partial charge < -0.3 is 5.32 Å². The molecule has 34 heavy (non-hydrogen) atoms. The molecule has 4 rings (SSSR count). The molecule has 0 saturated heterocycles. The Morgan fingerprint density at radius 3 is 2.65 bits per heavy atom. The summed E-state index contributed by atoms with van der Waals surface area (Å²) >= 11 is 9.36. The third kappa shape index (κ3) is 4.67. The van der Waals surface area contributed by atoms with Gasteiger partial charge in [-0.05, 0) is 58.5 Å². The number of nitro benzene ring substituents is 1. The van der Waals surface area contributed by atoms with Crippen LogP contribution in [0.2, 0.25) is 5.02 Å². The molecular weight excluding hydrogens is 524 g/mol. The Bertz CT molecular complexity index is 1270. The number of halogens is 2. The van der Waals surface area contributed by atoms with Gasteiger partial charge in [0.15, 0.2) is 5.78 Å². The zero-order chi connectivity index (χ0) is 24.8. The highest BCUT2D eigenvalue weighted by Gasteiger charge is 2.45. The average Bonchev–Trinajstić information content (AvgIpc) is 2.73. The number of pyridine rings is 1. The molecule has 0 bridgehead atoms. The number of allylic oxidation sites excluding steroid dienone is 2. The van der Waals surface area contributed by atoms with Crippen LogP contribution in [-0.2, 0) is 9.59 Å². The van der Waals surface area contributed by atoms with E-state index in [0.717, 1.165) is 4.47 Å². The second-order valence-corrected chi connectivity index (χ2v) is 10.7. The quantitative estimate of drug-likeness (QED) is 0.382. The zero-order valence-electron chi connectivity index (χ0n) is 18.8. The van der Waals surface area contributed by atoms with Crippen molar-refractivity contribution in [3.05, 3.63) is 73.0 Å². The third-order valence-electron chi connectivity index (χ3n) is 6.09. The van der Waals surface area contributed by atoms with Crippen molar-refractivity contribution in [2.75, 3.05) is 5.32 Å².